The molecule has 0 fully saturated rings. The van der Waals surface area contributed by atoms with Crippen molar-refractivity contribution in [2.24, 2.45) is 0 Å². The average molecular weight is 346 g/mol. The first-order valence-corrected chi connectivity index (χ1v) is 8.32. The van der Waals surface area contributed by atoms with Crippen LogP contribution in [-0.4, -0.2) is 20.6 Å². The van der Waals surface area contributed by atoms with Gasteiger partial charge in [-0.05, 0) is 24.3 Å². The number of aliphatic hydroxyl groups is 1. The van der Waals surface area contributed by atoms with E-state index in [-0.39, 0.29) is 12.5 Å². The number of amides is 1. The summed E-state index contributed by atoms with van der Waals surface area (Å²) in [5.74, 6) is 0.481. The van der Waals surface area contributed by atoms with Gasteiger partial charge in [-0.2, -0.15) is 0 Å². The van der Waals surface area contributed by atoms with Crippen molar-refractivity contribution in [3.05, 3.63) is 84.1 Å². The van der Waals surface area contributed by atoms with E-state index >= 15 is 0 Å². The minimum atomic E-state index is -0.242. The molecule has 2 heterocycles. The summed E-state index contributed by atoms with van der Waals surface area (Å²) in [6.07, 6.45) is 5.51. The number of aliphatic hydroxyl groups excluding tert-OH is 1. The lowest BCUT2D eigenvalue weighted by Crippen LogP contribution is -2.24. The van der Waals surface area contributed by atoms with E-state index in [0.717, 1.165) is 22.8 Å². The van der Waals surface area contributed by atoms with Gasteiger partial charge in [-0.15, -0.1) is 0 Å². The van der Waals surface area contributed by atoms with Crippen LogP contribution in [0.25, 0.3) is 6.08 Å². The van der Waals surface area contributed by atoms with E-state index in [0.29, 0.717) is 12.4 Å². The van der Waals surface area contributed by atoms with E-state index in [1.165, 1.54) is 0 Å². The molecule has 1 aromatic heterocycles. The molecule has 3 aromatic rings. The van der Waals surface area contributed by atoms with Gasteiger partial charge in [0.15, 0.2) is 0 Å². The zero-order valence-electron chi connectivity index (χ0n) is 14.0. The highest BCUT2D eigenvalue weighted by Crippen LogP contribution is 2.25. The van der Waals surface area contributed by atoms with Gasteiger partial charge in [0.25, 0.3) is 5.91 Å². The number of fused-ring (bicyclic) bond motifs is 1. The number of anilines is 2. The second-order valence-electron chi connectivity index (χ2n) is 5.99. The van der Waals surface area contributed by atoms with Gasteiger partial charge in [-0.3, -0.25) is 4.79 Å². The first kappa shape index (κ1) is 16.1. The van der Waals surface area contributed by atoms with Crippen molar-refractivity contribution >= 4 is 23.4 Å². The van der Waals surface area contributed by atoms with Gasteiger partial charge in [0.1, 0.15) is 18.2 Å². The van der Waals surface area contributed by atoms with Gasteiger partial charge in [-0.1, -0.05) is 36.4 Å². The summed E-state index contributed by atoms with van der Waals surface area (Å²) < 4.78 is 1.91. The molecular formula is C20H18N4O2. The van der Waals surface area contributed by atoms with E-state index in [1.807, 2.05) is 76.3 Å². The average Bonchev–Trinajstić information content (AvgIpc) is 3.12. The monoisotopic (exact) mass is 346 g/mol. The van der Waals surface area contributed by atoms with Crippen LogP contribution in [-0.2, 0) is 13.3 Å². The second kappa shape index (κ2) is 6.85. The Morgan fingerprint density at radius 1 is 1.12 bits per heavy atom. The normalized spacial score (nSPS) is 12.7. The first-order valence-electron chi connectivity index (χ1n) is 8.32. The molecule has 1 amide bonds. The van der Waals surface area contributed by atoms with Crippen LogP contribution in [0.1, 0.15) is 21.9 Å². The molecule has 2 N–H and O–H groups in total. The van der Waals surface area contributed by atoms with E-state index < -0.39 is 0 Å². The standard InChI is InChI=1S/C20H18N4O2/c25-13-15-6-4-5-9-18(15)23-11-10-19-22-17(12-24(19)14-23)20(26)21-16-7-2-1-3-8-16/h1-12,25H,13-14H2,(H,21,26). The van der Waals surface area contributed by atoms with Crippen molar-refractivity contribution in [1.29, 1.82) is 0 Å². The van der Waals surface area contributed by atoms with Crippen molar-refractivity contribution in [2.75, 3.05) is 10.2 Å². The smallest absolute Gasteiger partial charge is 0.275 e. The van der Waals surface area contributed by atoms with Crippen LogP contribution in [0.15, 0.2) is 67.0 Å². The Morgan fingerprint density at radius 2 is 1.88 bits per heavy atom. The molecule has 0 aliphatic carbocycles. The molecular weight excluding hydrogens is 328 g/mol. The second-order valence-corrected chi connectivity index (χ2v) is 5.99. The number of aromatic nitrogens is 2. The zero-order chi connectivity index (χ0) is 17.9. The quantitative estimate of drug-likeness (QED) is 0.762. The highest BCUT2D eigenvalue weighted by Gasteiger charge is 2.19. The van der Waals surface area contributed by atoms with E-state index in [2.05, 4.69) is 10.3 Å². The summed E-state index contributed by atoms with van der Waals surface area (Å²) in [7, 11) is 0. The molecule has 6 heteroatoms. The molecule has 0 saturated heterocycles. The number of nitrogens with zero attached hydrogens (tertiary/aromatic N) is 3. The number of nitrogens with one attached hydrogen (secondary N) is 1. The fourth-order valence-corrected chi connectivity index (χ4v) is 2.95. The summed E-state index contributed by atoms with van der Waals surface area (Å²) in [4.78, 5) is 18.8. The molecule has 0 spiro atoms. The van der Waals surface area contributed by atoms with Crippen LogP contribution in [0, 0.1) is 0 Å². The molecule has 130 valence electrons. The van der Waals surface area contributed by atoms with Gasteiger partial charge in [0, 0.05) is 29.3 Å². The Hall–Kier alpha value is -3.38. The number of imidazole rings is 1. The minimum Gasteiger partial charge on any atom is -0.392 e. The first-order chi connectivity index (χ1) is 12.7. The number of carbonyl (C=O) groups is 1. The minimum absolute atomic E-state index is 0.0258. The molecule has 6 nitrogen and oxygen atoms in total. The topological polar surface area (TPSA) is 70.4 Å². The molecule has 0 radical (unpaired) electrons. The third kappa shape index (κ3) is 3.10. The molecule has 4 rings (SSSR count). The number of carbonyl (C=O) groups excluding carboxylic acids is 1. The predicted octanol–water partition coefficient (Wildman–Crippen LogP) is 3.08. The Labute approximate surface area is 151 Å². The lowest BCUT2D eigenvalue weighted by atomic mass is 10.1. The lowest BCUT2D eigenvalue weighted by molar-refractivity contribution is 0.102. The van der Waals surface area contributed by atoms with Gasteiger partial charge in [-0.25, -0.2) is 4.98 Å². The molecule has 26 heavy (non-hydrogen) atoms. The number of rotatable bonds is 4. The predicted molar refractivity (Wildman–Crippen MR) is 101 cm³/mol. The maximum atomic E-state index is 12.4. The van der Waals surface area contributed by atoms with Crippen molar-refractivity contribution < 1.29 is 9.90 Å². The molecule has 0 bridgehead atoms. The molecule has 2 aromatic carbocycles. The highest BCUT2D eigenvalue weighted by atomic mass is 16.3. The fraction of sp³-hybridized carbons (Fsp3) is 0.100. The Balaban J connectivity index is 1.55. The summed E-state index contributed by atoms with van der Waals surface area (Å²) in [5, 5.41) is 12.4. The zero-order valence-corrected chi connectivity index (χ0v) is 14.0. The summed E-state index contributed by atoms with van der Waals surface area (Å²) in [6.45, 7) is 0.497. The van der Waals surface area contributed by atoms with Crippen LogP contribution in [0.3, 0.4) is 0 Å². The van der Waals surface area contributed by atoms with Gasteiger partial charge < -0.3 is 19.9 Å². The van der Waals surface area contributed by atoms with E-state index in [4.69, 9.17) is 0 Å². The lowest BCUT2D eigenvalue weighted by Gasteiger charge is -2.26. The summed E-state index contributed by atoms with van der Waals surface area (Å²) in [5.41, 5.74) is 2.88. The Morgan fingerprint density at radius 3 is 2.69 bits per heavy atom. The maximum Gasteiger partial charge on any atom is 0.275 e. The van der Waals surface area contributed by atoms with Crippen molar-refractivity contribution in [3.63, 3.8) is 0 Å². The van der Waals surface area contributed by atoms with E-state index in [1.54, 1.807) is 6.20 Å². The SMILES string of the molecule is O=C(Nc1ccccc1)c1cn2c(n1)C=CN(c1ccccc1CO)C2. The van der Waals surface area contributed by atoms with Crippen molar-refractivity contribution in [2.45, 2.75) is 13.3 Å². The molecule has 1 aliphatic rings. The molecule has 0 unspecified atom stereocenters. The number of benzene rings is 2. The largest absolute Gasteiger partial charge is 0.392 e. The van der Waals surface area contributed by atoms with Crippen LogP contribution in [0.2, 0.25) is 0 Å². The molecule has 0 saturated carbocycles. The third-order valence-electron chi connectivity index (χ3n) is 4.25. The van der Waals surface area contributed by atoms with Crippen molar-refractivity contribution in [3.8, 4) is 0 Å². The number of para-hydroxylation sites is 2. The van der Waals surface area contributed by atoms with Gasteiger partial charge in [0.2, 0.25) is 0 Å². The Bertz CT molecular complexity index is 963. The van der Waals surface area contributed by atoms with Crippen LogP contribution >= 0.6 is 0 Å². The van der Waals surface area contributed by atoms with Gasteiger partial charge >= 0.3 is 0 Å². The van der Waals surface area contributed by atoms with Crippen LogP contribution in [0.4, 0.5) is 11.4 Å². The number of hydrogen-bond donors (Lipinski definition) is 2. The Kier molecular flexibility index (Phi) is 4.25. The number of hydrogen-bond acceptors (Lipinski definition) is 4. The van der Waals surface area contributed by atoms with Crippen molar-refractivity contribution in [1.82, 2.24) is 9.55 Å². The third-order valence-corrected chi connectivity index (χ3v) is 4.25. The molecule has 0 atom stereocenters. The van der Waals surface area contributed by atoms with Crippen LogP contribution in [0.5, 0.6) is 0 Å². The summed E-state index contributed by atoms with van der Waals surface area (Å²) >= 11 is 0. The maximum absolute atomic E-state index is 12.4. The van der Waals surface area contributed by atoms with Gasteiger partial charge in [0.05, 0.1) is 6.61 Å². The fourth-order valence-electron chi connectivity index (χ4n) is 2.95. The summed E-state index contributed by atoms with van der Waals surface area (Å²) in [6, 6.07) is 17.0. The highest BCUT2D eigenvalue weighted by molar-refractivity contribution is 6.02. The molecule has 1 aliphatic heterocycles. The van der Waals surface area contributed by atoms with E-state index in [9.17, 15) is 9.90 Å². The van der Waals surface area contributed by atoms with Crippen LogP contribution < -0.4 is 10.2 Å².